The molecule has 126 valence electrons. The molecular weight excluding hydrogens is 308 g/mol. The fourth-order valence-corrected chi connectivity index (χ4v) is 4.43. The third-order valence-corrected chi connectivity index (χ3v) is 5.82. The third-order valence-electron chi connectivity index (χ3n) is 4.87. The number of hydrogen-bond acceptors (Lipinski definition) is 4. The molecule has 0 bridgehead atoms. The van der Waals surface area contributed by atoms with Crippen LogP contribution >= 0.6 is 11.8 Å². The van der Waals surface area contributed by atoms with Gasteiger partial charge >= 0.3 is 0 Å². The van der Waals surface area contributed by atoms with Gasteiger partial charge in [-0.1, -0.05) is 12.1 Å². The van der Waals surface area contributed by atoms with E-state index in [2.05, 4.69) is 22.3 Å². The van der Waals surface area contributed by atoms with Crippen molar-refractivity contribution in [2.24, 2.45) is 5.92 Å². The van der Waals surface area contributed by atoms with Crippen LogP contribution in [0.5, 0.6) is 0 Å². The lowest BCUT2D eigenvalue weighted by Gasteiger charge is -2.26. The highest BCUT2D eigenvalue weighted by Crippen LogP contribution is 2.27. The van der Waals surface area contributed by atoms with Gasteiger partial charge in [0, 0.05) is 36.8 Å². The second kappa shape index (κ2) is 7.69. The van der Waals surface area contributed by atoms with Crippen molar-refractivity contribution in [3.05, 3.63) is 29.3 Å². The lowest BCUT2D eigenvalue weighted by Crippen LogP contribution is -2.32. The maximum absolute atomic E-state index is 12.3. The summed E-state index contributed by atoms with van der Waals surface area (Å²) in [7, 11) is 0. The van der Waals surface area contributed by atoms with Crippen LogP contribution in [-0.2, 0) is 11.3 Å². The lowest BCUT2D eigenvalue weighted by atomic mass is 10.0. The first kappa shape index (κ1) is 16.8. The van der Waals surface area contributed by atoms with Crippen LogP contribution < -0.4 is 5.32 Å². The van der Waals surface area contributed by atoms with Crippen molar-refractivity contribution in [1.29, 1.82) is 0 Å². The number of carbonyl (C=O) groups is 1. The van der Waals surface area contributed by atoms with Crippen molar-refractivity contribution in [1.82, 2.24) is 4.90 Å². The summed E-state index contributed by atoms with van der Waals surface area (Å²) in [5.74, 6) is 2.15. The van der Waals surface area contributed by atoms with Crippen molar-refractivity contribution in [3.63, 3.8) is 0 Å². The van der Waals surface area contributed by atoms with E-state index in [-0.39, 0.29) is 11.8 Å². The minimum atomic E-state index is -0.480. The molecule has 1 saturated carbocycles. The largest absolute Gasteiger partial charge is 0.392 e. The van der Waals surface area contributed by atoms with Gasteiger partial charge in [0.15, 0.2) is 0 Å². The van der Waals surface area contributed by atoms with Gasteiger partial charge in [-0.3, -0.25) is 9.69 Å². The maximum Gasteiger partial charge on any atom is 0.230 e. The highest BCUT2D eigenvalue weighted by Gasteiger charge is 2.31. The highest BCUT2D eigenvalue weighted by atomic mass is 32.2. The van der Waals surface area contributed by atoms with Crippen LogP contribution in [-0.4, -0.2) is 46.6 Å². The minimum Gasteiger partial charge on any atom is -0.392 e. The molecule has 0 aromatic heterocycles. The summed E-state index contributed by atoms with van der Waals surface area (Å²) in [6, 6.07) is 6.28. The number of amides is 1. The Morgan fingerprint density at radius 1 is 1.35 bits per heavy atom. The van der Waals surface area contributed by atoms with Crippen LogP contribution in [0.2, 0.25) is 0 Å². The van der Waals surface area contributed by atoms with Crippen molar-refractivity contribution in [2.45, 2.75) is 38.8 Å². The Kier molecular flexibility index (Phi) is 5.62. The number of thioether (sulfide) groups is 1. The Hall–Kier alpha value is -1.04. The molecule has 2 aliphatic rings. The van der Waals surface area contributed by atoms with Crippen molar-refractivity contribution in [3.8, 4) is 0 Å². The van der Waals surface area contributed by atoms with E-state index in [9.17, 15) is 9.90 Å². The number of rotatable bonds is 4. The Morgan fingerprint density at radius 2 is 2.13 bits per heavy atom. The number of anilines is 1. The van der Waals surface area contributed by atoms with Gasteiger partial charge in [0.1, 0.15) is 0 Å². The maximum atomic E-state index is 12.3. The van der Waals surface area contributed by atoms with Crippen LogP contribution in [0.1, 0.15) is 30.4 Å². The molecule has 1 saturated heterocycles. The number of aliphatic hydroxyl groups is 1. The van der Waals surface area contributed by atoms with Crippen LogP contribution in [0.15, 0.2) is 18.2 Å². The zero-order valence-electron chi connectivity index (χ0n) is 13.8. The first-order valence-corrected chi connectivity index (χ1v) is 9.67. The topological polar surface area (TPSA) is 52.6 Å². The summed E-state index contributed by atoms with van der Waals surface area (Å²) in [5, 5.41) is 12.9. The summed E-state index contributed by atoms with van der Waals surface area (Å²) in [6.07, 6.45) is 1.98. The summed E-state index contributed by atoms with van der Waals surface area (Å²) in [6.45, 7) is 5.33. The van der Waals surface area contributed by atoms with Crippen LogP contribution in [0.25, 0.3) is 0 Å². The zero-order chi connectivity index (χ0) is 16.2. The van der Waals surface area contributed by atoms with Gasteiger partial charge in [0.05, 0.1) is 12.0 Å². The lowest BCUT2D eigenvalue weighted by molar-refractivity contribution is -0.122. The molecule has 1 aromatic rings. The zero-order valence-corrected chi connectivity index (χ0v) is 14.6. The number of aliphatic hydroxyl groups excluding tert-OH is 1. The minimum absolute atomic E-state index is 0.0427. The van der Waals surface area contributed by atoms with Gasteiger partial charge in [0.25, 0.3) is 0 Å². The average molecular weight is 334 g/mol. The van der Waals surface area contributed by atoms with Gasteiger partial charge < -0.3 is 10.4 Å². The molecule has 23 heavy (non-hydrogen) atoms. The molecule has 1 aromatic carbocycles. The third kappa shape index (κ3) is 4.28. The number of hydrogen-bond donors (Lipinski definition) is 2. The van der Waals surface area contributed by atoms with E-state index in [1.54, 1.807) is 0 Å². The summed E-state index contributed by atoms with van der Waals surface area (Å²) in [4.78, 5) is 14.8. The Morgan fingerprint density at radius 3 is 2.78 bits per heavy atom. The second-order valence-electron chi connectivity index (χ2n) is 6.63. The van der Waals surface area contributed by atoms with Crippen molar-refractivity contribution >= 4 is 23.4 Å². The van der Waals surface area contributed by atoms with Gasteiger partial charge in [-0.15, -0.1) is 0 Å². The van der Waals surface area contributed by atoms with E-state index >= 15 is 0 Å². The molecule has 5 heteroatoms. The van der Waals surface area contributed by atoms with E-state index in [1.807, 2.05) is 24.8 Å². The average Bonchev–Trinajstić information content (AvgIpc) is 2.97. The second-order valence-corrected chi connectivity index (χ2v) is 7.86. The Labute approximate surface area is 142 Å². The molecule has 1 heterocycles. The standard InChI is InChI=1S/C18H26N2O2S/c1-13-11-14(12-20-7-9-23-10-8-20)5-6-16(13)19-18(22)15-3-2-4-17(15)21/h5-6,11,15,17,21H,2-4,7-10,12H2,1H3,(H,19,22). The SMILES string of the molecule is Cc1cc(CN2CCSCC2)ccc1NC(=O)C1CCCC1O. The quantitative estimate of drug-likeness (QED) is 0.889. The van der Waals surface area contributed by atoms with E-state index in [4.69, 9.17) is 0 Å². The number of aryl methyl sites for hydroxylation is 1. The van der Waals surface area contributed by atoms with Gasteiger partial charge in [-0.05, 0) is 43.4 Å². The fraction of sp³-hybridized carbons (Fsp3) is 0.611. The van der Waals surface area contributed by atoms with Crippen LogP contribution in [0, 0.1) is 12.8 Å². The van der Waals surface area contributed by atoms with E-state index in [0.29, 0.717) is 0 Å². The highest BCUT2D eigenvalue weighted by molar-refractivity contribution is 7.99. The number of benzene rings is 1. The predicted molar refractivity (Wildman–Crippen MR) is 95.8 cm³/mol. The smallest absolute Gasteiger partial charge is 0.230 e. The molecule has 2 unspecified atom stereocenters. The Bertz CT molecular complexity index is 558. The fourth-order valence-electron chi connectivity index (χ4n) is 3.45. The molecule has 4 nitrogen and oxygen atoms in total. The van der Waals surface area contributed by atoms with Gasteiger partial charge in [0.2, 0.25) is 5.91 Å². The van der Waals surface area contributed by atoms with Crippen molar-refractivity contribution in [2.75, 3.05) is 29.9 Å². The van der Waals surface area contributed by atoms with E-state index < -0.39 is 6.10 Å². The molecule has 2 atom stereocenters. The van der Waals surface area contributed by atoms with Crippen molar-refractivity contribution < 1.29 is 9.90 Å². The molecular formula is C18H26N2O2S. The first-order chi connectivity index (χ1) is 11.1. The summed E-state index contributed by atoms with van der Waals surface area (Å²) < 4.78 is 0. The molecule has 2 N–H and O–H groups in total. The molecule has 1 amide bonds. The predicted octanol–water partition coefficient (Wildman–Crippen LogP) is 2.64. The number of nitrogens with one attached hydrogen (secondary N) is 1. The number of carbonyl (C=O) groups excluding carboxylic acids is 1. The van der Waals surface area contributed by atoms with Crippen LogP contribution in [0.3, 0.4) is 0 Å². The van der Waals surface area contributed by atoms with Gasteiger partial charge in [-0.2, -0.15) is 11.8 Å². The summed E-state index contributed by atoms with van der Waals surface area (Å²) in [5.41, 5.74) is 3.26. The molecule has 0 radical (unpaired) electrons. The van der Waals surface area contributed by atoms with Gasteiger partial charge in [-0.25, -0.2) is 0 Å². The number of nitrogens with zero attached hydrogens (tertiary/aromatic N) is 1. The monoisotopic (exact) mass is 334 g/mol. The molecule has 2 fully saturated rings. The van der Waals surface area contributed by atoms with Crippen LogP contribution in [0.4, 0.5) is 5.69 Å². The molecule has 1 aliphatic heterocycles. The van der Waals surface area contributed by atoms with E-state index in [1.165, 1.54) is 17.1 Å². The Balaban J connectivity index is 1.61. The first-order valence-electron chi connectivity index (χ1n) is 8.52. The molecule has 0 spiro atoms. The molecule has 1 aliphatic carbocycles. The molecule has 3 rings (SSSR count). The summed E-state index contributed by atoms with van der Waals surface area (Å²) >= 11 is 2.02. The normalized spacial score (nSPS) is 25.5. The van der Waals surface area contributed by atoms with E-state index in [0.717, 1.165) is 50.1 Å².